The molecule has 5 N–H and O–H groups in total. The molecule has 10 aromatic rings. The van der Waals surface area contributed by atoms with Crippen LogP contribution in [0.15, 0.2) is 152 Å². The number of aromatic carboxylic acids is 1. The molecule has 0 aliphatic heterocycles. The molecule has 0 amide bonds. The predicted molar refractivity (Wildman–Crippen MR) is 303 cm³/mol. The van der Waals surface area contributed by atoms with E-state index >= 15 is 0 Å². The summed E-state index contributed by atoms with van der Waals surface area (Å²) in [5, 5.41) is 43.2. The molecule has 0 saturated heterocycles. The fourth-order valence-electron chi connectivity index (χ4n) is 7.36. The summed E-state index contributed by atoms with van der Waals surface area (Å²) in [7, 11) is 0. The Morgan fingerprint density at radius 1 is 0.506 bits per heavy atom. The zero-order valence-electron chi connectivity index (χ0n) is 45.8. The van der Waals surface area contributed by atoms with Crippen LogP contribution in [0.2, 0.25) is 5.02 Å². The number of carbonyl (C=O) groups is 1. The Hall–Kier alpha value is -6.16. The third kappa shape index (κ3) is 24.2. The number of aromatic nitrogens is 7. The van der Waals surface area contributed by atoms with Crippen LogP contribution in [-0.4, -0.2) is 90.8 Å². The summed E-state index contributed by atoms with van der Waals surface area (Å²) >= 11 is 5.87. The number of aryl methyl sites for hydroxylation is 3. The van der Waals surface area contributed by atoms with E-state index in [0.29, 0.717) is 40.3 Å². The van der Waals surface area contributed by atoms with Crippen molar-refractivity contribution in [3.63, 3.8) is 0 Å². The Kier molecular flexibility index (Phi) is 31.5. The van der Waals surface area contributed by atoms with Gasteiger partial charge in [0.1, 0.15) is 5.69 Å². The van der Waals surface area contributed by atoms with Crippen LogP contribution in [-0.2, 0) is 68.4 Å². The topological polar surface area (TPSA) is 208 Å². The molecule has 83 heavy (non-hydrogen) atoms. The number of hydrogen-bond donors (Lipinski definition) is 5. The maximum atomic E-state index is 12.9. The van der Waals surface area contributed by atoms with Gasteiger partial charge in [-0.2, -0.15) is 13.2 Å². The Bertz CT molecular complexity index is 3410. The minimum absolute atomic E-state index is 0. The first-order valence-corrected chi connectivity index (χ1v) is 25.4. The van der Waals surface area contributed by atoms with Gasteiger partial charge in [-0.15, -0.1) is 101 Å². The largest absolute Gasteiger partial charge is 0.477 e. The second-order valence-electron chi connectivity index (χ2n) is 18.2. The van der Waals surface area contributed by atoms with Gasteiger partial charge in [0.15, 0.2) is 0 Å². The van der Waals surface area contributed by atoms with E-state index in [1.54, 1.807) is 58.9 Å². The molecule has 0 aliphatic rings. The van der Waals surface area contributed by atoms with Crippen LogP contribution in [0.4, 0.5) is 17.6 Å². The van der Waals surface area contributed by atoms with Gasteiger partial charge in [-0.3, -0.25) is 34.3 Å². The first kappa shape index (κ1) is 72.9. The number of rotatable bonds is 8. The molecule has 1 radical (unpaired) electrons. The van der Waals surface area contributed by atoms with Crippen molar-refractivity contribution >= 4 is 50.7 Å². The molecule has 13 nitrogen and oxygen atoms in total. The van der Waals surface area contributed by atoms with Crippen LogP contribution in [0.1, 0.15) is 73.7 Å². The van der Waals surface area contributed by atoms with Crippen LogP contribution in [0.5, 0.6) is 0 Å². The fraction of sp³-hybridized carbons (Fsp3) is 0.226. The van der Waals surface area contributed by atoms with Crippen LogP contribution in [0.25, 0.3) is 66.9 Å². The maximum Gasteiger partial charge on any atom is 0.381 e. The Balaban J connectivity index is 0.000000354. The van der Waals surface area contributed by atoms with Crippen LogP contribution in [0.3, 0.4) is 0 Å². The van der Waals surface area contributed by atoms with Gasteiger partial charge in [0.2, 0.25) is 0 Å². The average Bonchev–Trinajstić information content (AvgIpc) is 3.55. The molecule has 4 atom stereocenters. The Morgan fingerprint density at radius 3 is 1.10 bits per heavy atom. The zero-order chi connectivity index (χ0) is 58.5. The molecule has 6 aromatic carbocycles. The Morgan fingerprint density at radius 2 is 0.843 bits per heavy atom. The second-order valence-corrected chi connectivity index (χ2v) is 18.6. The summed E-state index contributed by atoms with van der Waals surface area (Å²) < 4.78 is 50.6. The van der Waals surface area contributed by atoms with E-state index < -0.39 is 17.7 Å². The molecule has 4 aromatic heterocycles. The number of para-hydroxylation sites is 6. The van der Waals surface area contributed by atoms with Gasteiger partial charge < -0.3 is 25.5 Å². The molecular weight excluding hydrogens is 1630 g/mol. The number of alkyl halides is 3. The van der Waals surface area contributed by atoms with Gasteiger partial charge in [-0.05, 0) is 120 Å². The van der Waals surface area contributed by atoms with E-state index in [0.717, 1.165) is 73.6 Å². The van der Waals surface area contributed by atoms with E-state index in [-0.39, 0.29) is 98.2 Å². The first-order chi connectivity index (χ1) is 38.0. The van der Waals surface area contributed by atoms with Crippen LogP contribution >= 0.6 is 11.6 Å². The van der Waals surface area contributed by atoms with Gasteiger partial charge >= 0.3 is 12.1 Å². The van der Waals surface area contributed by atoms with Crippen molar-refractivity contribution < 1.29 is 110 Å². The number of pyridine rings is 1. The Labute approximate surface area is 526 Å². The van der Waals surface area contributed by atoms with E-state index in [4.69, 9.17) is 37.1 Å². The molecular formula is C62H59ClF4IrN7O6Pt2-3. The van der Waals surface area contributed by atoms with Crippen molar-refractivity contribution in [1.29, 1.82) is 0 Å². The van der Waals surface area contributed by atoms with Crippen molar-refractivity contribution in [2.24, 2.45) is 0 Å². The van der Waals surface area contributed by atoms with E-state index in [2.05, 4.69) is 53.1 Å². The molecule has 0 bridgehead atoms. The zero-order valence-corrected chi connectivity index (χ0v) is 53.5. The number of nitrogens with zero attached hydrogens (tertiary/aromatic N) is 7. The molecule has 0 fully saturated rings. The van der Waals surface area contributed by atoms with Crippen molar-refractivity contribution in [2.45, 2.75) is 91.9 Å². The van der Waals surface area contributed by atoms with Gasteiger partial charge in [0.05, 0.1) is 57.5 Å². The number of carboxylic acids is 1. The molecule has 4 heterocycles. The molecule has 445 valence electrons. The van der Waals surface area contributed by atoms with Gasteiger partial charge in [-0.1, -0.05) is 42.5 Å². The smallest absolute Gasteiger partial charge is 0.381 e. The summed E-state index contributed by atoms with van der Waals surface area (Å²) in [6.45, 7) is 12.3. The minimum atomic E-state index is -4.36. The summed E-state index contributed by atoms with van der Waals surface area (Å²) in [6, 6.07) is 49.5. The number of benzene rings is 6. The molecule has 10 rings (SSSR count). The third-order valence-electron chi connectivity index (χ3n) is 10.9. The molecule has 0 spiro atoms. The summed E-state index contributed by atoms with van der Waals surface area (Å²) in [5.74, 6) is -1.29. The molecule has 21 heteroatoms. The van der Waals surface area contributed by atoms with Gasteiger partial charge in [0.25, 0.3) is 0 Å². The van der Waals surface area contributed by atoms with Gasteiger partial charge in [0, 0.05) is 108 Å². The molecule has 0 aliphatic carbocycles. The average molecular weight is 1690 g/mol. The summed E-state index contributed by atoms with van der Waals surface area (Å²) in [6.07, 6.45) is -3.47. The standard InChI is InChI=1S/C16H10F3N2.C15H10ClN2.C15H10FN2.C6H5NO2.2C5H12O2.Ir.2Pt/c1-10-15(21-14-5-3-2-4-13(14)20-10)11-6-8-12(9-7-11)16(17,18)19;2*1-10-15(11-6-8-12(16)9-7-11)18-14-5-3-2-4-13(14)17-10;8-6(9)5-3-1-2-4-7-5;2*1-4(6)3-5(2)7;;;/h2-6,8-9H,1H3;2*2-6,8-9H,1H3;1-4H,(H,8,9);2*4-7H,3H2,1-2H3;;;/q3*-1;;;;;;. The third-order valence-corrected chi connectivity index (χ3v) is 11.2. The molecule has 4 unspecified atom stereocenters. The predicted octanol–water partition coefficient (Wildman–Crippen LogP) is 13.1. The number of aliphatic hydroxyl groups excluding tert-OH is 4. The SMILES string of the molecule is CC(O)CC(C)O.CC(O)CC(C)O.Cc1nc2ccccc2nc1-c1[c-]cc(C(F)(F)F)cc1.Cc1nc2ccccc2nc1-c1[c-]cc(Cl)cc1.Cc1nc2ccccc2nc1-c1[c-]cc(F)cc1.O=C(O)c1ccccn1.[Ir].[Pt].[Pt]. The number of aliphatic hydroxyl groups is 4. The summed E-state index contributed by atoms with van der Waals surface area (Å²) in [5.41, 5.74) is 11.0. The van der Waals surface area contributed by atoms with Gasteiger partial charge in [-0.25, -0.2) is 9.78 Å². The number of hydrogen-bond acceptors (Lipinski definition) is 12. The van der Waals surface area contributed by atoms with Crippen molar-refractivity contribution in [3.05, 3.63) is 209 Å². The quantitative estimate of drug-likeness (QED) is 0.0709. The fourth-order valence-corrected chi connectivity index (χ4v) is 7.48. The van der Waals surface area contributed by atoms with E-state index in [1.807, 2.05) is 98.8 Å². The van der Waals surface area contributed by atoms with Crippen molar-refractivity contribution in [1.82, 2.24) is 34.9 Å². The first-order valence-electron chi connectivity index (χ1n) is 25.0. The van der Waals surface area contributed by atoms with Crippen molar-refractivity contribution in [3.8, 4) is 33.8 Å². The number of carboxylic acid groups (broad SMARTS) is 1. The monoisotopic (exact) mass is 1690 g/mol. The number of fused-ring (bicyclic) bond motifs is 3. The van der Waals surface area contributed by atoms with Crippen LogP contribution < -0.4 is 0 Å². The number of halogens is 5. The normalized spacial score (nSPS) is 11.8. The second kappa shape index (κ2) is 35.9. The summed E-state index contributed by atoms with van der Waals surface area (Å²) in [4.78, 5) is 40.9. The minimum Gasteiger partial charge on any atom is -0.477 e. The van der Waals surface area contributed by atoms with Crippen LogP contribution in [0, 0.1) is 44.8 Å². The van der Waals surface area contributed by atoms with E-state index in [1.165, 1.54) is 30.5 Å². The maximum absolute atomic E-state index is 12.9. The van der Waals surface area contributed by atoms with Crippen molar-refractivity contribution in [2.75, 3.05) is 0 Å². The molecule has 0 saturated carbocycles. The van der Waals surface area contributed by atoms with E-state index in [9.17, 15) is 22.4 Å².